The molecular weight excluding hydrogens is 279 g/mol. The molecular formula is C15H12Cl2N2. The smallest absolute Gasteiger partial charge is 0.104 e. The van der Waals surface area contributed by atoms with Crippen LogP contribution in [0, 0.1) is 6.92 Å². The van der Waals surface area contributed by atoms with Crippen molar-refractivity contribution in [2.75, 3.05) is 0 Å². The lowest BCUT2D eigenvalue weighted by molar-refractivity contribution is 1.14. The SMILES string of the molecule is Cc1nc2ccc(C(Cl)c3cccc(Cl)c3)cc2[nH]1. The first-order valence-corrected chi connectivity index (χ1v) is 6.81. The maximum absolute atomic E-state index is 6.52. The zero-order valence-electron chi connectivity index (χ0n) is 10.3. The van der Waals surface area contributed by atoms with Crippen molar-refractivity contribution < 1.29 is 0 Å². The molecule has 1 N–H and O–H groups in total. The van der Waals surface area contributed by atoms with Gasteiger partial charge in [0.05, 0.1) is 16.4 Å². The minimum atomic E-state index is -0.216. The molecule has 0 radical (unpaired) electrons. The first-order chi connectivity index (χ1) is 9.13. The molecule has 96 valence electrons. The molecule has 1 heterocycles. The van der Waals surface area contributed by atoms with Crippen LogP contribution in [-0.4, -0.2) is 9.97 Å². The summed E-state index contributed by atoms with van der Waals surface area (Å²) in [4.78, 5) is 7.60. The van der Waals surface area contributed by atoms with Crippen LogP contribution >= 0.6 is 23.2 Å². The number of hydrogen-bond donors (Lipinski definition) is 1. The molecule has 0 saturated carbocycles. The molecule has 0 aliphatic rings. The maximum atomic E-state index is 6.52. The van der Waals surface area contributed by atoms with Gasteiger partial charge >= 0.3 is 0 Å². The lowest BCUT2D eigenvalue weighted by atomic mass is 10.0. The number of aryl methyl sites for hydroxylation is 1. The molecule has 2 aromatic carbocycles. The molecule has 0 saturated heterocycles. The number of nitrogens with zero attached hydrogens (tertiary/aromatic N) is 1. The third kappa shape index (κ3) is 2.46. The van der Waals surface area contributed by atoms with E-state index < -0.39 is 0 Å². The molecule has 0 aliphatic heterocycles. The van der Waals surface area contributed by atoms with E-state index in [4.69, 9.17) is 23.2 Å². The molecule has 2 nitrogen and oxygen atoms in total. The summed E-state index contributed by atoms with van der Waals surface area (Å²) in [5, 5.41) is 0.480. The number of fused-ring (bicyclic) bond motifs is 1. The van der Waals surface area contributed by atoms with Gasteiger partial charge in [0.1, 0.15) is 5.82 Å². The molecule has 0 amide bonds. The third-order valence-electron chi connectivity index (χ3n) is 3.06. The molecule has 1 atom stereocenters. The summed E-state index contributed by atoms with van der Waals surface area (Å²) in [6.07, 6.45) is 0. The van der Waals surface area contributed by atoms with E-state index in [1.54, 1.807) is 0 Å². The fourth-order valence-electron chi connectivity index (χ4n) is 2.17. The van der Waals surface area contributed by atoms with Gasteiger partial charge in [-0.3, -0.25) is 0 Å². The van der Waals surface area contributed by atoms with Gasteiger partial charge in [-0.25, -0.2) is 4.98 Å². The number of benzene rings is 2. The molecule has 0 bridgehead atoms. The van der Waals surface area contributed by atoms with E-state index in [0.29, 0.717) is 5.02 Å². The van der Waals surface area contributed by atoms with Gasteiger partial charge in [0, 0.05) is 5.02 Å². The Morgan fingerprint density at radius 1 is 1.11 bits per heavy atom. The van der Waals surface area contributed by atoms with Crippen LogP contribution in [-0.2, 0) is 0 Å². The van der Waals surface area contributed by atoms with E-state index in [2.05, 4.69) is 9.97 Å². The summed E-state index contributed by atoms with van der Waals surface area (Å²) in [5.74, 6) is 0.904. The fourth-order valence-corrected chi connectivity index (χ4v) is 2.64. The highest BCUT2D eigenvalue weighted by Gasteiger charge is 2.12. The maximum Gasteiger partial charge on any atom is 0.104 e. The van der Waals surface area contributed by atoms with Gasteiger partial charge in [0.15, 0.2) is 0 Å². The number of H-pyrrole nitrogens is 1. The van der Waals surface area contributed by atoms with E-state index >= 15 is 0 Å². The molecule has 3 rings (SSSR count). The summed E-state index contributed by atoms with van der Waals surface area (Å²) in [7, 11) is 0. The van der Waals surface area contributed by atoms with Gasteiger partial charge in [-0.05, 0) is 42.3 Å². The quantitative estimate of drug-likeness (QED) is 0.671. The normalized spacial score (nSPS) is 12.8. The first-order valence-electron chi connectivity index (χ1n) is 5.99. The third-order valence-corrected chi connectivity index (χ3v) is 3.80. The number of halogens is 2. The molecule has 1 aromatic heterocycles. The number of alkyl halides is 1. The Morgan fingerprint density at radius 3 is 2.68 bits per heavy atom. The lowest BCUT2D eigenvalue weighted by Gasteiger charge is -2.10. The topological polar surface area (TPSA) is 28.7 Å². The minimum absolute atomic E-state index is 0.216. The summed E-state index contributed by atoms with van der Waals surface area (Å²) in [6, 6.07) is 13.6. The van der Waals surface area contributed by atoms with Crippen LogP contribution in [0.3, 0.4) is 0 Å². The lowest BCUT2D eigenvalue weighted by Crippen LogP contribution is -1.93. The van der Waals surface area contributed by atoms with Crippen molar-refractivity contribution in [1.82, 2.24) is 9.97 Å². The first kappa shape index (κ1) is 12.5. The van der Waals surface area contributed by atoms with Crippen molar-refractivity contribution in [3.63, 3.8) is 0 Å². The number of hydrogen-bond acceptors (Lipinski definition) is 1. The Balaban J connectivity index is 2.03. The average Bonchev–Trinajstić information content (AvgIpc) is 2.76. The van der Waals surface area contributed by atoms with Crippen LogP contribution in [0.1, 0.15) is 22.3 Å². The van der Waals surface area contributed by atoms with Crippen molar-refractivity contribution in [3.05, 3.63) is 64.4 Å². The highest BCUT2D eigenvalue weighted by molar-refractivity contribution is 6.30. The van der Waals surface area contributed by atoms with Gasteiger partial charge in [-0.15, -0.1) is 11.6 Å². The van der Waals surface area contributed by atoms with Gasteiger partial charge in [0.25, 0.3) is 0 Å². The minimum Gasteiger partial charge on any atom is -0.342 e. The molecule has 3 aromatic rings. The predicted octanol–water partition coefficient (Wildman–Crippen LogP) is 4.85. The Labute approximate surface area is 121 Å². The molecule has 0 spiro atoms. The largest absolute Gasteiger partial charge is 0.342 e. The van der Waals surface area contributed by atoms with Crippen LogP contribution in [0.5, 0.6) is 0 Å². The van der Waals surface area contributed by atoms with Crippen molar-refractivity contribution in [1.29, 1.82) is 0 Å². The van der Waals surface area contributed by atoms with Gasteiger partial charge in [-0.2, -0.15) is 0 Å². The van der Waals surface area contributed by atoms with E-state index in [0.717, 1.165) is 28.0 Å². The fraction of sp³-hybridized carbons (Fsp3) is 0.133. The van der Waals surface area contributed by atoms with Crippen molar-refractivity contribution in [2.45, 2.75) is 12.3 Å². The van der Waals surface area contributed by atoms with Crippen LogP contribution in [0.2, 0.25) is 5.02 Å². The predicted molar refractivity (Wildman–Crippen MR) is 80.0 cm³/mol. The highest BCUT2D eigenvalue weighted by atomic mass is 35.5. The average molecular weight is 291 g/mol. The van der Waals surface area contributed by atoms with Crippen LogP contribution in [0.4, 0.5) is 0 Å². The van der Waals surface area contributed by atoms with E-state index in [1.807, 2.05) is 49.4 Å². The zero-order valence-corrected chi connectivity index (χ0v) is 11.8. The Hall–Kier alpha value is -1.51. The van der Waals surface area contributed by atoms with Crippen LogP contribution in [0.25, 0.3) is 11.0 Å². The number of aromatic nitrogens is 2. The summed E-state index contributed by atoms with van der Waals surface area (Å²) >= 11 is 12.5. The second kappa shape index (κ2) is 4.87. The van der Waals surface area contributed by atoms with E-state index in [1.165, 1.54) is 0 Å². The van der Waals surface area contributed by atoms with Gasteiger partial charge in [-0.1, -0.05) is 29.8 Å². The van der Waals surface area contributed by atoms with Crippen molar-refractivity contribution >= 4 is 34.2 Å². The molecule has 1 unspecified atom stereocenters. The molecule has 0 fully saturated rings. The second-order valence-corrected chi connectivity index (χ2v) is 5.39. The van der Waals surface area contributed by atoms with E-state index in [-0.39, 0.29) is 5.38 Å². The number of imidazole rings is 1. The Kier molecular flexibility index (Phi) is 3.21. The van der Waals surface area contributed by atoms with Crippen molar-refractivity contribution in [3.8, 4) is 0 Å². The standard InChI is InChI=1S/C15H12Cl2N2/c1-9-18-13-6-5-11(8-14(13)19-9)15(17)10-3-2-4-12(16)7-10/h2-8,15H,1H3,(H,18,19). The molecule has 4 heteroatoms. The Bertz CT molecular complexity index is 734. The molecule has 19 heavy (non-hydrogen) atoms. The summed E-state index contributed by atoms with van der Waals surface area (Å²) < 4.78 is 0. The van der Waals surface area contributed by atoms with E-state index in [9.17, 15) is 0 Å². The van der Waals surface area contributed by atoms with Gasteiger partial charge in [0.2, 0.25) is 0 Å². The van der Waals surface area contributed by atoms with Crippen LogP contribution < -0.4 is 0 Å². The summed E-state index contributed by atoms with van der Waals surface area (Å²) in [6.45, 7) is 1.94. The molecule has 0 aliphatic carbocycles. The second-order valence-electron chi connectivity index (χ2n) is 4.52. The number of aromatic amines is 1. The highest BCUT2D eigenvalue weighted by Crippen LogP contribution is 2.31. The zero-order chi connectivity index (χ0) is 13.4. The Morgan fingerprint density at radius 2 is 1.89 bits per heavy atom. The monoisotopic (exact) mass is 290 g/mol. The van der Waals surface area contributed by atoms with Crippen LogP contribution in [0.15, 0.2) is 42.5 Å². The number of rotatable bonds is 2. The van der Waals surface area contributed by atoms with Crippen molar-refractivity contribution in [2.24, 2.45) is 0 Å². The summed E-state index contributed by atoms with van der Waals surface area (Å²) in [5.41, 5.74) is 3.98. The van der Waals surface area contributed by atoms with Gasteiger partial charge < -0.3 is 4.98 Å². The number of nitrogens with one attached hydrogen (secondary N) is 1.